The number of amides is 2. The van der Waals surface area contributed by atoms with Crippen LogP contribution in [0.1, 0.15) is 32.8 Å². The largest absolute Gasteiger partial charge is 0.492 e. The van der Waals surface area contributed by atoms with Gasteiger partial charge in [0.05, 0.1) is 6.54 Å². The topological polar surface area (TPSA) is 97.3 Å². The molecule has 0 bridgehead atoms. The predicted molar refractivity (Wildman–Crippen MR) is 115 cm³/mol. The summed E-state index contributed by atoms with van der Waals surface area (Å²) < 4.78 is 51.9. The van der Waals surface area contributed by atoms with Crippen LogP contribution in [0, 0.1) is 0 Å². The van der Waals surface area contributed by atoms with E-state index in [4.69, 9.17) is 9.47 Å². The molecule has 0 saturated heterocycles. The van der Waals surface area contributed by atoms with E-state index in [2.05, 4.69) is 10.1 Å². The quantitative estimate of drug-likeness (QED) is 0.375. The summed E-state index contributed by atoms with van der Waals surface area (Å²) in [5, 5.41) is 11.9. The summed E-state index contributed by atoms with van der Waals surface area (Å²) in [5.41, 5.74) is 0.778. The summed E-state index contributed by atoms with van der Waals surface area (Å²) in [6, 6.07) is 6.45. The summed E-state index contributed by atoms with van der Waals surface area (Å²) in [6.45, 7) is 4.82. The molecule has 0 fully saturated rings. The van der Waals surface area contributed by atoms with Gasteiger partial charge >= 0.3 is 18.2 Å². The van der Waals surface area contributed by atoms with Crippen LogP contribution in [0.4, 0.5) is 18.0 Å². The lowest BCUT2D eigenvalue weighted by atomic mass is 10.1. The number of halogens is 3. The van der Waals surface area contributed by atoms with Crippen molar-refractivity contribution in [3.8, 4) is 5.75 Å². The number of hydrogen-bond acceptors (Lipinski definition) is 5. The molecule has 0 heterocycles. The predicted octanol–water partition coefficient (Wildman–Crippen LogP) is 3.49. The molecule has 188 valence electrons. The van der Waals surface area contributed by atoms with Gasteiger partial charge in [-0.2, -0.15) is 13.2 Å². The third-order valence-electron chi connectivity index (χ3n) is 4.30. The normalized spacial score (nSPS) is 12.5. The number of carboxylic acids is 1. The van der Waals surface area contributed by atoms with E-state index in [9.17, 15) is 27.9 Å². The molecule has 11 heteroatoms. The lowest BCUT2D eigenvalue weighted by Crippen LogP contribution is -2.45. The maximum atomic E-state index is 12.4. The number of hydrogen-bond donors (Lipinski definition) is 2. The van der Waals surface area contributed by atoms with Crippen molar-refractivity contribution in [2.75, 3.05) is 39.5 Å². The van der Waals surface area contributed by atoms with Gasteiger partial charge in [-0.1, -0.05) is 12.1 Å². The first kappa shape index (κ1) is 28.5. The molecule has 8 nitrogen and oxygen atoms in total. The van der Waals surface area contributed by atoms with E-state index in [-0.39, 0.29) is 51.2 Å². The second-order valence-electron chi connectivity index (χ2n) is 7.59. The zero-order valence-corrected chi connectivity index (χ0v) is 19.2. The number of carboxylic acid groups (broad SMARTS) is 1. The van der Waals surface area contributed by atoms with Gasteiger partial charge in [-0.15, -0.1) is 0 Å². The average molecular weight is 479 g/mol. The number of carbonyl (C=O) groups excluding carboxylic acids is 1. The van der Waals surface area contributed by atoms with Crippen molar-refractivity contribution >= 4 is 12.0 Å². The molecule has 0 radical (unpaired) electrons. The highest BCUT2D eigenvalue weighted by molar-refractivity contribution is 5.74. The molecule has 1 atom stereocenters. The monoisotopic (exact) mass is 478 g/mol. The Morgan fingerprint density at radius 1 is 1.12 bits per heavy atom. The fourth-order valence-electron chi connectivity index (χ4n) is 2.83. The Hall–Kier alpha value is -2.53. The summed E-state index contributed by atoms with van der Waals surface area (Å²) in [6.07, 6.45) is -4.82. The summed E-state index contributed by atoms with van der Waals surface area (Å²) in [7, 11) is 0. The lowest BCUT2D eigenvalue weighted by Gasteiger charge is -2.24. The smallest absolute Gasteiger partial charge is 0.411 e. The Bertz CT molecular complexity index is 713. The molecule has 0 aliphatic rings. The maximum Gasteiger partial charge on any atom is 0.411 e. The number of aliphatic carboxylic acids is 1. The van der Waals surface area contributed by atoms with Crippen LogP contribution in [0.5, 0.6) is 5.75 Å². The highest BCUT2D eigenvalue weighted by atomic mass is 19.4. The minimum absolute atomic E-state index is 0.0961. The number of urea groups is 1. The first-order valence-corrected chi connectivity index (χ1v) is 10.8. The van der Waals surface area contributed by atoms with Gasteiger partial charge in [0, 0.05) is 32.2 Å². The molecule has 0 saturated carbocycles. The number of benzene rings is 1. The SMILES string of the molecule is CCOC(Cc1ccc(OCCN(CCCOCC(F)(F)F)C(=O)NC(C)C)cc1)C(=O)O. The van der Waals surface area contributed by atoms with Gasteiger partial charge in [-0.05, 0) is 44.9 Å². The van der Waals surface area contributed by atoms with Crippen LogP contribution in [0.2, 0.25) is 0 Å². The van der Waals surface area contributed by atoms with Gasteiger partial charge in [0.1, 0.15) is 19.0 Å². The third-order valence-corrected chi connectivity index (χ3v) is 4.30. The molecular formula is C22H33F3N2O6. The Morgan fingerprint density at radius 2 is 1.79 bits per heavy atom. The number of rotatable bonds is 15. The number of nitrogens with one attached hydrogen (secondary N) is 1. The highest BCUT2D eigenvalue weighted by Gasteiger charge is 2.27. The molecule has 2 N–H and O–H groups in total. The zero-order valence-electron chi connectivity index (χ0n) is 19.2. The maximum absolute atomic E-state index is 12.4. The number of nitrogens with zero attached hydrogens (tertiary/aromatic N) is 1. The average Bonchev–Trinajstić information content (AvgIpc) is 2.71. The van der Waals surface area contributed by atoms with Crippen molar-refractivity contribution in [2.24, 2.45) is 0 Å². The fraction of sp³-hybridized carbons (Fsp3) is 0.636. The van der Waals surface area contributed by atoms with E-state index in [1.807, 2.05) is 0 Å². The van der Waals surface area contributed by atoms with Crippen molar-refractivity contribution in [2.45, 2.75) is 51.9 Å². The molecule has 33 heavy (non-hydrogen) atoms. The van der Waals surface area contributed by atoms with Crippen LogP contribution in [-0.2, 0) is 20.7 Å². The minimum Gasteiger partial charge on any atom is -0.492 e. The molecule has 0 aromatic heterocycles. The van der Waals surface area contributed by atoms with Crippen molar-refractivity contribution in [1.82, 2.24) is 10.2 Å². The minimum atomic E-state index is -4.38. The first-order chi connectivity index (χ1) is 15.5. The molecule has 1 aromatic carbocycles. The summed E-state index contributed by atoms with van der Waals surface area (Å²) in [4.78, 5) is 25.0. The van der Waals surface area contributed by atoms with Crippen LogP contribution in [0.3, 0.4) is 0 Å². The molecule has 1 aromatic rings. The molecule has 1 unspecified atom stereocenters. The van der Waals surface area contributed by atoms with Crippen LogP contribution in [0.25, 0.3) is 0 Å². The molecular weight excluding hydrogens is 445 g/mol. The third kappa shape index (κ3) is 12.9. The van der Waals surface area contributed by atoms with E-state index in [0.29, 0.717) is 12.4 Å². The second kappa shape index (κ2) is 14.6. The van der Waals surface area contributed by atoms with Crippen LogP contribution < -0.4 is 10.1 Å². The van der Waals surface area contributed by atoms with E-state index in [0.717, 1.165) is 5.56 Å². The van der Waals surface area contributed by atoms with Crippen molar-refractivity contribution in [3.63, 3.8) is 0 Å². The van der Waals surface area contributed by atoms with Crippen molar-refractivity contribution in [3.05, 3.63) is 29.8 Å². The lowest BCUT2D eigenvalue weighted by molar-refractivity contribution is -0.174. The van der Waals surface area contributed by atoms with Crippen molar-refractivity contribution < 1.29 is 42.1 Å². The van der Waals surface area contributed by atoms with E-state index >= 15 is 0 Å². The Balaban J connectivity index is 2.53. The van der Waals surface area contributed by atoms with Crippen LogP contribution >= 0.6 is 0 Å². The summed E-state index contributed by atoms with van der Waals surface area (Å²) in [5.74, 6) is -0.486. The standard InChI is InChI=1S/C22H33F3N2O6/c1-4-32-19(20(28)29)14-17-6-8-18(9-7-17)33-13-11-27(21(30)26-16(2)3)10-5-12-31-15-22(23,24)25/h6-9,16,19H,4-5,10-15H2,1-3H3,(H,26,30)(H,28,29). The van der Waals surface area contributed by atoms with Gasteiger partial charge in [-0.25, -0.2) is 9.59 Å². The van der Waals surface area contributed by atoms with E-state index < -0.39 is 24.9 Å². The highest BCUT2D eigenvalue weighted by Crippen LogP contribution is 2.15. The zero-order chi connectivity index (χ0) is 24.9. The number of alkyl halides is 3. The molecule has 0 aliphatic carbocycles. The molecule has 2 amide bonds. The first-order valence-electron chi connectivity index (χ1n) is 10.8. The van der Waals surface area contributed by atoms with Crippen molar-refractivity contribution in [1.29, 1.82) is 0 Å². The Labute approximate surface area is 192 Å². The molecule has 1 rings (SSSR count). The fourth-order valence-corrected chi connectivity index (χ4v) is 2.83. The number of carbonyl (C=O) groups is 2. The molecule has 0 aliphatic heterocycles. The van der Waals surface area contributed by atoms with Gasteiger partial charge in [0.25, 0.3) is 0 Å². The molecule has 0 spiro atoms. The Morgan fingerprint density at radius 3 is 2.33 bits per heavy atom. The second-order valence-corrected chi connectivity index (χ2v) is 7.59. The van der Waals surface area contributed by atoms with Gasteiger partial charge in [0.15, 0.2) is 6.10 Å². The van der Waals surface area contributed by atoms with Gasteiger partial charge < -0.3 is 29.5 Å². The number of ether oxygens (including phenoxy) is 3. The van der Waals surface area contributed by atoms with E-state index in [1.165, 1.54) is 4.90 Å². The Kier molecular flexibility index (Phi) is 12.6. The summed E-state index contributed by atoms with van der Waals surface area (Å²) >= 11 is 0. The van der Waals surface area contributed by atoms with Gasteiger partial charge in [0.2, 0.25) is 0 Å². The van der Waals surface area contributed by atoms with E-state index in [1.54, 1.807) is 45.0 Å². The van der Waals surface area contributed by atoms with Crippen LogP contribution in [0.15, 0.2) is 24.3 Å². The van der Waals surface area contributed by atoms with Gasteiger partial charge in [-0.3, -0.25) is 0 Å². The van der Waals surface area contributed by atoms with Crippen LogP contribution in [-0.4, -0.2) is 79.8 Å².